The lowest BCUT2D eigenvalue weighted by molar-refractivity contribution is 0.102. The summed E-state index contributed by atoms with van der Waals surface area (Å²) >= 11 is 0. The minimum Gasteiger partial charge on any atom is -0.489 e. The molecule has 5 heteroatoms. The van der Waals surface area contributed by atoms with Crippen molar-refractivity contribution in [1.29, 1.82) is 0 Å². The zero-order valence-electron chi connectivity index (χ0n) is 16.8. The van der Waals surface area contributed by atoms with Gasteiger partial charge in [-0.3, -0.25) is 4.79 Å². The number of aromatic nitrogens is 1. The van der Waals surface area contributed by atoms with Crippen molar-refractivity contribution in [1.82, 2.24) is 5.16 Å². The van der Waals surface area contributed by atoms with Gasteiger partial charge in [-0.25, -0.2) is 0 Å². The Morgan fingerprint density at radius 2 is 1.96 bits per heavy atom. The first-order chi connectivity index (χ1) is 13.5. The smallest absolute Gasteiger partial charge is 0.255 e. The Morgan fingerprint density at radius 3 is 2.68 bits per heavy atom. The van der Waals surface area contributed by atoms with E-state index in [4.69, 9.17) is 9.26 Å². The lowest BCUT2D eigenvalue weighted by atomic mass is 9.97. The Bertz CT molecular complexity index is 942. The number of benzene rings is 2. The van der Waals surface area contributed by atoms with Crippen molar-refractivity contribution in [3.8, 4) is 5.75 Å². The summed E-state index contributed by atoms with van der Waals surface area (Å²) < 4.78 is 11.0. The third-order valence-electron chi connectivity index (χ3n) is 5.01. The molecule has 1 amide bonds. The van der Waals surface area contributed by atoms with Crippen LogP contribution in [0.2, 0.25) is 0 Å². The number of carbonyl (C=O) groups is 1. The van der Waals surface area contributed by atoms with Gasteiger partial charge >= 0.3 is 0 Å². The van der Waals surface area contributed by atoms with Crippen molar-refractivity contribution < 1.29 is 14.1 Å². The molecule has 1 atom stereocenters. The maximum atomic E-state index is 12.8. The van der Waals surface area contributed by atoms with Crippen molar-refractivity contribution in [2.75, 3.05) is 5.32 Å². The summed E-state index contributed by atoms with van der Waals surface area (Å²) in [4.78, 5) is 12.8. The van der Waals surface area contributed by atoms with E-state index in [-0.39, 0.29) is 5.91 Å². The van der Waals surface area contributed by atoms with Crippen LogP contribution in [0.25, 0.3) is 0 Å². The molecule has 1 N–H and O–H groups in total. The Kier molecular flexibility index (Phi) is 6.14. The van der Waals surface area contributed by atoms with Gasteiger partial charge in [-0.2, -0.15) is 0 Å². The largest absolute Gasteiger partial charge is 0.489 e. The molecule has 0 saturated carbocycles. The van der Waals surface area contributed by atoms with Crippen LogP contribution in [0.15, 0.2) is 53.1 Å². The molecule has 1 aromatic heterocycles. The molecule has 1 heterocycles. The molecule has 0 aliphatic rings. The first-order valence-electron chi connectivity index (χ1n) is 9.54. The van der Waals surface area contributed by atoms with E-state index in [0.717, 1.165) is 34.7 Å². The number of nitrogens with one attached hydrogen (secondary N) is 1. The SMILES string of the molecule is CC[C@H](C)c1ccccc1NC(=O)c1cccc(OCc2c(C)noc2C)c1. The highest BCUT2D eigenvalue weighted by molar-refractivity contribution is 6.04. The Labute approximate surface area is 165 Å². The number of hydrogen-bond acceptors (Lipinski definition) is 4. The molecule has 2 aromatic carbocycles. The van der Waals surface area contributed by atoms with Crippen molar-refractivity contribution >= 4 is 11.6 Å². The van der Waals surface area contributed by atoms with E-state index in [1.807, 2.05) is 44.2 Å². The molecule has 0 bridgehead atoms. The third kappa shape index (κ3) is 4.42. The van der Waals surface area contributed by atoms with E-state index in [0.29, 0.717) is 23.8 Å². The summed E-state index contributed by atoms with van der Waals surface area (Å²) in [6.45, 7) is 8.39. The van der Waals surface area contributed by atoms with Gasteiger partial charge in [0.15, 0.2) is 0 Å². The maximum absolute atomic E-state index is 12.8. The lowest BCUT2D eigenvalue weighted by Gasteiger charge is -2.16. The summed E-state index contributed by atoms with van der Waals surface area (Å²) in [5.41, 5.74) is 4.29. The topological polar surface area (TPSA) is 64.4 Å². The van der Waals surface area contributed by atoms with E-state index < -0.39 is 0 Å². The Balaban J connectivity index is 1.73. The van der Waals surface area contributed by atoms with Crippen LogP contribution in [-0.2, 0) is 6.61 Å². The van der Waals surface area contributed by atoms with Crippen LogP contribution in [0.4, 0.5) is 5.69 Å². The molecule has 3 rings (SSSR count). The second-order valence-electron chi connectivity index (χ2n) is 6.97. The van der Waals surface area contributed by atoms with E-state index in [2.05, 4.69) is 30.4 Å². The van der Waals surface area contributed by atoms with Crippen molar-refractivity contribution in [3.05, 3.63) is 76.7 Å². The molecule has 0 unspecified atom stereocenters. The molecule has 0 radical (unpaired) electrons. The van der Waals surface area contributed by atoms with Gasteiger partial charge < -0.3 is 14.6 Å². The highest BCUT2D eigenvalue weighted by Crippen LogP contribution is 2.27. The molecule has 5 nitrogen and oxygen atoms in total. The number of nitrogens with zero attached hydrogens (tertiary/aromatic N) is 1. The molecule has 0 spiro atoms. The van der Waals surface area contributed by atoms with Gasteiger partial charge in [-0.05, 0) is 56.0 Å². The average Bonchev–Trinajstić information content (AvgIpc) is 3.04. The third-order valence-corrected chi connectivity index (χ3v) is 5.01. The van der Waals surface area contributed by atoms with Gasteiger partial charge in [0.2, 0.25) is 0 Å². The van der Waals surface area contributed by atoms with E-state index in [1.165, 1.54) is 0 Å². The Morgan fingerprint density at radius 1 is 1.18 bits per heavy atom. The van der Waals surface area contributed by atoms with Gasteiger partial charge in [0, 0.05) is 11.3 Å². The standard InChI is InChI=1S/C23H26N2O3/c1-5-15(2)20-11-6-7-12-22(20)24-23(26)18-9-8-10-19(13-18)27-14-21-16(3)25-28-17(21)4/h6-13,15H,5,14H2,1-4H3,(H,24,26)/t15-/m0/s1. The second-order valence-corrected chi connectivity index (χ2v) is 6.97. The van der Waals surface area contributed by atoms with Gasteiger partial charge in [0.05, 0.1) is 11.3 Å². The zero-order chi connectivity index (χ0) is 20.1. The summed E-state index contributed by atoms with van der Waals surface area (Å²) in [7, 11) is 0. The monoisotopic (exact) mass is 378 g/mol. The predicted molar refractivity (Wildman–Crippen MR) is 110 cm³/mol. The van der Waals surface area contributed by atoms with Crippen LogP contribution in [0.3, 0.4) is 0 Å². The number of amides is 1. The van der Waals surface area contributed by atoms with Crippen LogP contribution >= 0.6 is 0 Å². The lowest BCUT2D eigenvalue weighted by Crippen LogP contribution is -2.14. The molecule has 0 aliphatic carbocycles. The fourth-order valence-corrected chi connectivity index (χ4v) is 3.05. The van der Waals surface area contributed by atoms with Gasteiger partial charge in [0.25, 0.3) is 5.91 Å². The van der Waals surface area contributed by atoms with Crippen LogP contribution in [0.1, 0.15) is 59.1 Å². The highest BCUT2D eigenvalue weighted by Gasteiger charge is 2.14. The summed E-state index contributed by atoms with van der Waals surface area (Å²) in [5.74, 6) is 1.59. The summed E-state index contributed by atoms with van der Waals surface area (Å²) in [6, 6.07) is 15.1. The minimum absolute atomic E-state index is 0.154. The number of anilines is 1. The zero-order valence-corrected chi connectivity index (χ0v) is 16.8. The Hall–Kier alpha value is -3.08. The number of carbonyl (C=O) groups excluding carboxylic acids is 1. The van der Waals surface area contributed by atoms with Gasteiger partial charge in [0.1, 0.15) is 18.1 Å². The molecular formula is C23H26N2O3. The van der Waals surface area contributed by atoms with Crippen molar-refractivity contribution in [2.45, 2.75) is 46.6 Å². The number of aryl methyl sites for hydroxylation is 2. The fraction of sp³-hybridized carbons (Fsp3) is 0.304. The maximum Gasteiger partial charge on any atom is 0.255 e. The summed E-state index contributed by atoms with van der Waals surface area (Å²) in [5, 5.41) is 6.97. The van der Waals surface area contributed by atoms with Crippen molar-refractivity contribution in [2.24, 2.45) is 0 Å². The predicted octanol–water partition coefficient (Wildman–Crippen LogP) is 5.64. The number of hydrogen-bond donors (Lipinski definition) is 1. The number of ether oxygens (including phenoxy) is 1. The van der Waals surface area contributed by atoms with E-state index >= 15 is 0 Å². The average molecular weight is 378 g/mol. The van der Waals surface area contributed by atoms with E-state index in [9.17, 15) is 4.79 Å². The van der Waals surface area contributed by atoms with Crippen LogP contribution in [0.5, 0.6) is 5.75 Å². The van der Waals surface area contributed by atoms with Gasteiger partial charge in [-0.1, -0.05) is 43.3 Å². The second kappa shape index (κ2) is 8.74. The molecule has 0 saturated heterocycles. The normalized spacial score (nSPS) is 11.9. The molecular weight excluding hydrogens is 352 g/mol. The van der Waals surface area contributed by atoms with Gasteiger partial charge in [-0.15, -0.1) is 0 Å². The first-order valence-corrected chi connectivity index (χ1v) is 9.54. The molecule has 0 aliphatic heterocycles. The molecule has 0 fully saturated rings. The molecule has 3 aromatic rings. The molecule has 28 heavy (non-hydrogen) atoms. The highest BCUT2D eigenvalue weighted by atomic mass is 16.5. The van der Waals surface area contributed by atoms with Crippen molar-refractivity contribution in [3.63, 3.8) is 0 Å². The fourth-order valence-electron chi connectivity index (χ4n) is 3.05. The van der Waals surface area contributed by atoms with Crippen LogP contribution in [0, 0.1) is 13.8 Å². The number of para-hydroxylation sites is 1. The number of rotatable bonds is 7. The summed E-state index contributed by atoms with van der Waals surface area (Å²) in [6.07, 6.45) is 1.01. The van der Waals surface area contributed by atoms with E-state index in [1.54, 1.807) is 12.1 Å². The quantitative estimate of drug-likeness (QED) is 0.578. The van der Waals surface area contributed by atoms with Crippen LogP contribution in [-0.4, -0.2) is 11.1 Å². The molecule has 146 valence electrons. The van der Waals surface area contributed by atoms with Crippen LogP contribution < -0.4 is 10.1 Å². The first kappa shape index (κ1) is 19.7. The minimum atomic E-state index is -0.154.